The van der Waals surface area contributed by atoms with Gasteiger partial charge < -0.3 is 15.8 Å². The molecule has 0 spiro atoms. The maximum Gasteiger partial charge on any atom is 0.404 e. The van der Waals surface area contributed by atoms with Gasteiger partial charge in [-0.3, -0.25) is 4.79 Å². The SMILES string of the molecule is C=C(C)C(=O)NCCOC(N)=O. The molecular weight excluding hydrogens is 160 g/mol. The van der Waals surface area contributed by atoms with E-state index in [-0.39, 0.29) is 19.1 Å². The zero-order chi connectivity index (χ0) is 9.56. The molecule has 5 heteroatoms. The van der Waals surface area contributed by atoms with Gasteiger partial charge in [-0.05, 0) is 6.92 Å². The number of nitrogens with two attached hydrogens (primary N) is 1. The van der Waals surface area contributed by atoms with E-state index in [1.807, 2.05) is 0 Å². The minimum atomic E-state index is -0.848. The number of amides is 2. The van der Waals surface area contributed by atoms with Gasteiger partial charge in [0.25, 0.3) is 0 Å². The van der Waals surface area contributed by atoms with Gasteiger partial charge in [0, 0.05) is 5.57 Å². The molecule has 12 heavy (non-hydrogen) atoms. The van der Waals surface area contributed by atoms with Crippen molar-refractivity contribution in [2.24, 2.45) is 5.73 Å². The minimum Gasteiger partial charge on any atom is -0.448 e. The van der Waals surface area contributed by atoms with Crippen LogP contribution in [0.4, 0.5) is 4.79 Å². The van der Waals surface area contributed by atoms with Crippen molar-refractivity contribution < 1.29 is 14.3 Å². The van der Waals surface area contributed by atoms with Crippen LogP contribution < -0.4 is 11.1 Å². The topological polar surface area (TPSA) is 81.4 Å². The average Bonchev–Trinajstić information content (AvgIpc) is 1.97. The van der Waals surface area contributed by atoms with Crippen LogP contribution in [0.25, 0.3) is 0 Å². The number of hydrogen-bond acceptors (Lipinski definition) is 3. The number of carbonyl (C=O) groups excluding carboxylic acids is 2. The van der Waals surface area contributed by atoms with Crippen LogP contribution in [0.15, 0.2) is 12.2 Å². The lowest BCUT2D eigenvalue weighted by atomic mass is 10.3. The molecule has 0 unspecified atom stereocenters. The van der Waals surface area contributed by atoms with Crippen LogP contribution in [0, 0.1) is 0 Å². The summed E-state index contributed by atoms with van der Waals surface area (Å²) >= 11 is 0. The van der Waals surface area contributed by atoms with Crippen molar-refractivity contribution in [3.05, 3.63) is 12.2 Å². The van der Waals surface area contributed by atoms with Crippen molar-refractivity contribution in [2.75, 3.05) is 13.2 Å². The monoisotopic (exact) mass is 172 g/mol. The van der Waals surface area contributed by atoms with Crippen molar-refractivity contribution in [3.8, 4) is 0 Å². The molecule has 5 nitrogen and oxygen atoms in total. The Labute approximate surface area is 70.6 Å². The number of hydrogen-bond donors (Lipinski definition) is 2. The Hall–Kier alpha value is -1.52. The number of carbonyl (C=O) groups is 2. The van der Waals surface area contributed by atoms with Gasteiger partial charge in [0.2, 0.25) is 5.91 Å². The molecular formula is C7H12N2O3. The molecule has 0 atom stereocenters. The van der Waals surface area contributed by atoms with Gasteiger partial charge in [-0.15, -0.1) is 0 Å². The molecule has 0 bridgehead atoms. The van der Waals surface area contributed by atoms with Gasteiger partial charge in [0.1, 0.15) is 6.61 Å². The molecule has 0 radical (unpaired) electrons. The highest BCUT2D eigenvalue weighted by molar-refractivity contribution is 5.92. The molecule has 0 saturated carbocycles. The van der Waals surface area contributed by atoms with Crippen molar-refractivity contribution >= 4 is 12.0 Å². The Morgan fingerprint density at radius 2 is 2.17 bits per heavy atom. The van der Waals surface area contributed by atoms with Crippen LogP contribution >= 0.6 is 0 Å². The summed E-state index contributed by atoms with van der Waals surface area (Å²) in [7, 11) is 0. The van der Waals surface area contributed by atoms with E-state index < -0.39 is 6.09 Å². The van der Waals surface area contributed by atoms with E-state index in [1.54, 1.807) is 6.92 Å². The number of nitrogens with one attached hydrogen (secondary N) is 1. The highest BCUT2D eigenvalue weighted by Crippen LogP contribution is 1.84. The summed E-state index contributed by atoms with van der Waals surface area (Å²) in [6.45, 7) is 5.33. The average molecular weight is 172 g/mol. The molecule has 0 aromatic rings. The van der Waals surface area contributed by atoms with Gasteiger partial charge in [-0.1, -0.05) is 6.58 Å². The number of ether oxygens (including phenoxy) is 1. The summed E-state index contributed by atoms with van der Waals surface area (Å²) in [4.78, 5) is 20.9. The molecule has 0 aromatic carbocycles. The first-order valence-electron chi connectivity index (χ1n) is 3.40. The summed E-state index contributed by atoms with van der Waals surface area (Å²) in [5.41, 5.74) is 5.09. The second-order valence-corrected chi connectivity index (χ2v) is 2.20. The first-order chi connectivity index (χ1) is 5.54. The fourth-order valence-corrected chi connectivity index (χ4v) is 0.467. The molecule has 0 rings (SSSR count). The van der Waals surface area contributed by atoms with E-state index in [4.69, 9.17) is 0 Å². The molecule has 68 valence electrons. The summed E-state index contributed by atoms with van der Waals surface area (Å²) in [5.74, 6) is -0.261. The van der Waals surface area contributed by atoms with E-state index in [2.05, 4.69) is 22.4 Å². The molecule has 0 heterocycles. The zero-order valence-electron chi connectivity index (χ0n) is 6.92. The summed E-state index contributed by atoms with van der Waals surface area (Å²) in [5, 5.41) is 2.47. The van der Waals surface area contributed by atoms with Gasteiger partial charge >= 0.3 is 6.09 Å². The van der Waals surface area contributed by atoms with Crippen LogP contribution in [0.5, 0.6) is 0 Å². The Morgan fingerprint density at radius 3 is 2.58 bits per heavy atom. The molecule has 2 amide bonds. The summed E-state index contributed by atoms with van der Waals surface area (Å²) in [6.07, 6.45) is -0.848. The second-order valence-electron chi connectivity index (χ2n) is 2.20. The Balaban J connectivity index is 3.38. The smallest absolute Gasteiger partial charge is 0.404 e. The standard InChI is InChI=1S/C7H12N2O3/c1-5(2)6(10)9-3-4-12-7(8)11/h1,3-4H2,2H3,(H2,8,11)(H,9,10). The summed E-state index contributed by atoms with van der Waals surface area (Å²) < 4.78 is 4.37. The van der Waals surface area contributed by atoms with Gasteiger partial charge in [0.15, 0.2) is 0 Å². The molecule has 3 N–H and O–H groups in total. The Kier molecular flexibility index (Phi) is 4.52. The van der Waals surface area contributed by atoms with Crippen LogP contribution in [0.2, 0.25) is 0 Å². The summed E-state index contributed by atoms with van der Waals surface area (Å²) in [6, 6.07) is 0. The van der Waals surface area contributed by atoms with E-state index in [9.17, 15) is 9.59 Å². The molecule has 0 saturated heterocycles. The Bertz CT molecular complexity index is 201. The number of rotatable bonds is 4. The third-order valence-corrected chi connectivity index (χ3v) is 1.02. The first-order valence-corrected chi connectivity index (χ1v) is 3.40. The van der Waals surface area contributed by atoms with Gasteiger partial charge in [-0.2, -0.15) is 0 Å². The van der Waals surface area contributed by atoms with E-state index in [1.165, 1.54) is 0 Å². The lowest BCUT2D eigenvalue weighted by Gasteiger charge is -2.03. The molecule has 0 aromatic heterocycles. The number of primary amides is 1. The quantitative estimate of drug-likeness (QED) is 0.454. The lowest BCUT2D eigenvalue weighted by Crippen LogP contribution is -2.29. The molecule has 0 aliphatic rings. The highest BCUT2D eigenvalue weighted by Gasteiger charge is 1.99. The van der Waals surface area contributed by atoms with Crippen LogP contribution in [-0.2, 0) is 9.53 Å². The van der Waals surface area contributed by atoms with E-state index in [0.717, 1.165) is 0 Å². The minimum absolute atomic E-state index is 0.0777. The maximum atomic E-state index is 10.8. The fourth-order valence-electron chi connectivity index (χ4n) is 0.467. The zero-order valence-corrected chi connectivity index (χ0v) is 6.92. The van der Waals surface area contributed by atoms with Crippen LogP contribution in [-0.4, -0.2) is 25.2 Å². The molecule has 0 aliphatic carbocycles. The van der Waals surface area contributed by atoms with Crippen molar-refractivity contribution in [2.45, 2.75) is 6.92 Å². The predicted molar refractivity (Wildman–Crippen MR) is 43.4 cm³/mol. The Morgan fingerprint density at radius 1 is 1.58 bits per heavy atom. The van der Waals surface area contributed by atoms with E-state index >= 15 is 0 Å². The van der Waals surface area contributed by atoms with E-state index in [0.29, 0.717) is 5.57 Å². The molecule has 0 aliphatic heterocycles. The third kappa shape index (κ3) is 5.28. The fraction of sp³-hybridized carbons (Fsp3) is 0.429. The van der Waals surface area contributed by atoms with Gasteiger partial charge in [-0.25, -0.2) is 4.79 Å². The van der Waals surface area contributed by atoms with Crippen LogP contribution in [0.1, 0.15) is 6.92 Å². The first kappa shape index (κ1) is 10.5. The van der Waals surface area contributed by atoms with Crippen molar-refractivity contribution in [3.63, 3.8) is 0 Å². The predicted octanol–water partition coefficient (Wildman–Crippen LogP) is -0.226. The van der Waals surface area contributed by atoms with Crippen molar-refractivity contribution in [1.29, 1.82) is 0 Å². The normalized spacial score (nSPS) is 8.75. The molecule has 0 fully saturated rings. The highest BCUT2D eigenvalue weighted by atomic mass is 16.5. The largest absolute Gasteiger partial charge is 0.448 e. The third-order valence-electron chi connectivity index (χ3n) is 1.02. The van der Waals surface area contributed by atoms with Gasteiger partial charge in [0.05, 0.1) is 6.54 Å². The van der Waals surface area contributed by atoms with Crippen molar-refractivity contribution in [1.82, 2.24) is 5.32 Å². The maximum absolute atomic E-state index is 10.8. The second kappa shape index (κ2) is 5.17. The lowest BCUT2D eigenvalue weighted by molar-refractivity contribution is -0.117. The van der Waals surface area contributed by atoms with Crippen LogP contribution in [0.3, 0.4) is 0 Å².